The molecule has 2 fully saturated rings. The van der Waals surface area contributed by atoms with Crippen molar-refractivity contribution in [1.29, 1.82) is 0 Å². The Morgan fingerprint density at radius 3 is 2.19 bits per heavy atom. The second-order valence-corrected chi connectivity index (χ2v) is 8.95. The lowest BCUT2D eigenvalue weighted by molar-refractivity contribution is -0.141. The topological polar surface area (TPSA) is 101 Å². The largest absolute Gasteiger partial charge is 0.349 e. The van der Waals surface area contributed by atoms with Gasteiger partial charge >= 0.3 is 0 Å². The Labute approximate surface area is 163 Å². The molecule has 2 rings (SSSR count). The average Bonchev–Trinajstić information content (AvgIpc) is 3.10. The Morgan fingerprint density at radius 2 is 1.59 bits per heavy atom. The molecule has 2 amide bonds. The minimum Gasteiger partial charge on any atom is -0.349 e. The van der Waals surface area contributed by atoms with Gasteiger partial charge in [-0.2, -0.15) is 0 Å². The number of ketones is 1. The van der Waals surface area contributed by atoms with Crippen LogP contribution in [0.4, 0.5) is 0 Å². The molecule has 0 aromatic heterocycles. The Kier molecular flexibility index (Phi) is 7.83. The number of rotatable bonds is 9. The van der Waals surface area contributed by atoms with E-state index in [0.29, 0.717) is 25.8 Å². The van der Waals surface area contributed by atoms with Gasteiger partial charge in [-0.05, 0) is 37.5 Å². The van der Waals surface area contributed by atoms with Gasteiger partial charge in [0.25, 0.3) is 5.91 Å². The first-order chi connectivity index (χ1) is 12.8. The van der Waals surface area contributed by atoms with Gasteiger partial charge in [0, 0.05) is 6.54 Å². The molecule has 0 saturated heterocycles. The lowest BCUT2D eigenvalue weighted by atomic mass is 9.81. The Bertz CT molecular complexity index is 535. The summed E-state index contributed by atoms with van der Waals surface area (Å²) in [7, 11) is 0. The van der Waals surface area contributed by atoms with Crippen LogP contribution in [0.25, 0.3) is 0 Å². The number of hydrogen-bond donors (Lipinski definition) is 3. The van der Waals surface area contributed by atoms with Crippen molar-refractivity contribution in [2.75, 3.05) is 6.54 Å². The second kappa shape index (κ2) is 9.67. The Balaban J connectivity index is 1.95. The van der Waals surface area contributed by atoms with Crippen molar-refractivity contribution in [3.63, 3.8) is 0 Å². The van der Waals surface area contributed by atoms with Crippen molar-refractivity contribution in [3.05, 3.63) is 0 Å². The van der Waals surface area contributed by atoms with Gasteiger partial charge in [-0.25, -0.2) is 0 Å². The molecule has 0 aromatic rings. The number of unbranched alkanes of at least 4 members (excludes halogenated alkanes) is 1. The van der Waals surface area contributed by atoms with E-state index in [9.17, 15) is 14.4 Å². The van der Waals surface area contributed by atoms with E-state index >= 15 is 0 Å². The zero-order valence-electron chi connectivity index (χ0n) is 17.1. The highest BCUT2D eigenvalue weighted by Gasteiger charge is 2.38. The molecule has 0 unspecified atom stereocenters. The lowest BCUT2D eigenvalue weighted by Crippen LogP contribution is -2.59. The van der Waals surface area contributed by atoms with Crippen molar-refractivity contribution < 1.29 is 14.4 Å². The zero-order chi connectivity index (χ0) is 19.9. The number of hydrogen-bond acceptors (Lipinski definition) is 4. The van der Waals surface area contributed by atoms with Crippen LogP contribution in [0.2, 0.25) is 0 Å². The summed E-state index contributed by atoms with van der Waals surface area (Å²) < 4.78 is 0. The van der Waals surface area contributed by atoms with Crippen molar-refractivity contribution in [3.8, 4) is 0 Å². The normalized spacial score (nSPS) is 22.0. The standard InChI is InChI=1S/C21H37N3O3/c1-3-4-10-16(24-19(27)21(22)13-6-5-7-14-21)17(25)18(26)23-15-20(2)11-8-9-12-20/h16H,3-15,22H2,1-2H3,(H,23,26)(H,24,27)/t16-/m0/s1. The first-order valence-electron chi connectivity index (χ1n) is 10.7. The van der Waals surface area contributed by atoms with Gasteiger partial charge in [0.2, 0.25) is 11.7 Å². The molecule has 0 radical (unpaired) electrons. The maximum absolute atomic E-state index is 12.7. The fourth-order valence-corrected chi connectivity index (χ4v) is 4.33. The Morgan fingerprint density at radius 1 is 1.00 bits per heavy atom. The van der Waals surface area contributed by atoms with Gasteiger partial charge in [-0.1, -0.05) is 58.8 Å². The molecular formula is C21H37N3O3. The van der Waals surface area contributed by atoms with E-state index in [1.165, 1.54) is 12.8 Å². The minimum atomic E-state index is -0.906. The summed E-state index contributed by atoms with van der Waals surface area (Å²) in [4.78, 5) is 37.9. The average molecular weight is 380 g/mol. The molecule has 0 spiro atoms. The fraction of sp³-hybridized carbons (Fsp3) is 0.857. The highest BCUT2D eigenvalue weighted by molar-refractivity contribution is 6.38. The van der Waals surface area contributed by atoms with E-state index in [-0.39, 0.29) is 11.3 Å². The summed E-state index contributed by atoms with van der Waals surface area (Å²) in [5, 5.41) is 5.62. The predicted molar refractivity (Wildman–Crippen MR) is 106 cm³/mol. The molecule has 0 aromatic carbocycles. The van der Waals surface area contributed by atoms with Crippen molar-refractivity contribution in [2.24, 2.45) is 11.1 Å². The van der Waals surface area contributed by atoms with Gasteiger partial charge in [-0.15, -0.1) is 0 Å². The molecule has 0 heterocycles. The molecule has 27 heavy (non-hydrogen) atoms. The summed E-state index contributed by atoms with van der Waals surface area (Å²) >= 11 is 0. The van der Waals surface area contributed by atoms with Crippen LogP contribution in [0, 0.1) is 5.41 Å². The number of carbonyl (C=O) groups excluding carboxylic acids is 3. The van der Waals surface area contributed by atoms with Gasteiger partial charge in [0.15, 0.2) is 0 Å². The fourth-order valence-electron chi connectivity index (χ4n) is 4.33. The number of carbonyl (C=O) groups is 3. The lowest BCUT2D eigenvalue weighted by Gasteiger charge is -2.33. The van der Waals surface area contributed by atoms with Gasteiger partial charge in [0.05, 0.1) is 11.6 Å². The predicted octanol–water partition coefficient (Wildman–Crippen LogP) is 2.59. The van der Waals surface area contributed by atoms with Crippen molar-refractivity contribution >= 4 is 17.6 Å². The number of nitrogens with two attached hydrogens (primary N) is 1. The molecule has 2 aliphatic rings. The first-order valence-corrected chi connectivity index (χ1v) is 10.7. The highest BCUT2D eigenvalue weighted by Crippen LogP contribution is 2.36. The maximum Gasteiger partial charge on any atom is 0.289 e. The number of amides is 2. The van der Waals surface area contributed by atoms with Crippen molar-refractivity contribution in [1.82, 2.24) is 10.6 Å². The third kappa shape index (κ3) is 6.03. The van der Waals surface area contributed by atoms with Crippen LogP contribution in [0.3, 0.4) is 0 Å². The second-order valence-electron chi connectivity index (χ2n) is 8.95. The van der Waals surface area contributed by atoms with Crippen LogP contribution < -0.4 is 16.4 Å². The molecule has 154 valence electrons. The van der Waals surface area contributed by atoms with Gasteiger partial charge < -0.3 is 16.4 Å². The summed E-state index contributed by atoms with van der Waals surface area (Å²) in [5.74, 6) is -1.41. The summed E-state index contributed by atoms with van der Waals surface area (Å²) in [6.45, 7) is 4.70. The highest BCUT2D eigenvalue weighted by atomic mass is 16.2. The number of nitrogens with one attached hydrogen (secondary N) is 2. The van der Waals surface area contributed by atoms with E-state index in [4.69, 9.17) is 5.73 Å². The van der Waals surface area contributed by atoms with E-state index in [0.717, 1.165) is 44.9 Å². The summed E-state index contributed by atoms with van der Waals surface area (Å²) in [5.41, 5.74) is 5.47. The molecule has 2 saturated carbocycles. The molecule has 0 aliphatic heterocycles. The molecule has 0 bridgehead atoms. The van der Waals surface area contributed by atoms with Crippen LogP contribution >= 0.6 is 0 Å². The summed E-state index contributed by atoms with van der Waals surface area (Å²) in [6, 6.07) is -0.781. The molecule has 2 aliphatic carbocycles. The van der Waals surface area contributed by atoms with Crippen LogP contribution in [-0.2, 0) is 14.4 Å². The molecule has 1 atom stereocenters. The van der Waals surface area contributed by atoms with Crippen LogP contribution in [0.15, 0.2) is 0 Å². The van der Waals surface area contributed by atoms with E-state index in [1.807, 2.05) is 6.92 Å². The maximum atomic E-state index is 12.7. The van der Waals surface area contributed by atoms with E-state index in [2.05, 4.69) is 17.6 Å². The third-order valence-electron chi connectivity index (χ3n) is 6.38. The number of Topliss-reactive ketones (excluding diaryl/α,β-unsaturated/α-hetero) is 1. The Hall–Kier alpha value is -1.43. The van der Waals surface area contributed by atoms with Crippen LogP contribution in [-0.4, -0.2) is 35.7 Å². The third-order valence-corrected chi connectivity index (χ3v) is 6.38. The zero-order valence-corrected chi connectivity index (χ0v) is 17.1. The summed E-state index contributed by atoms with van der Waals surface area (Å²) in [6.07, 6.45) is 10.9. The smallest absolute Gasteiger partial charge is 0.289 e. The van der Waals surface area contributed by atoms with E-state index in [1.54, 1.807) is 0 Å². The van der Waals surface area contributed by atoms with Crippen LogP contribution in [0.5, 0.6) is 0 Å². The first kappa shape index (κ1) is 21.9. The minimum absolute atomic E-state index is 0.0848. The SMILES string of the molecule is CCCC[C@H](NC(=O)C1(N)CCCCC1)C(=O)C(=O)NCC1(C)CCCC1. The molecule has 6 heteroatoms. The quantitative estimate of drug-likeness (QED) is 0.536. The van der Waals surface area contributed by atoms with Gasteiger partial charge in [-0.3, -0.25) is 14.4 Å². The van der Waals surface area contributed by atoms with Crippen LogP contribution in [0.1, 0.15) is 90.9 Å². The van der Waals surface area contributed by atoms with E-state index < -0.39 is 23.3 Å². The molecule has 6 nitrogen and oxygen atoms in total. The molecule has 4 N–H and O–H groups in total. The van der Waals surface area contributed by atoms with Gasteiger partial charge in [0.1, 0.15) is 0 Å². The monoisotopic (exact) mass is 379 g/mol. The van der Waals surface area contributed by atoms with Crippen molar-refractivity contribution in [2.45, 2.75) is 102 Å². The molecular weight excluding hydrogens is 342 g/mol.